The number of hydrogen-bond acceptors (Lipinski definition) is 3. The maximum absolute atomic E-state index is 6.21. The predicted octanol–water partition coefficient (Wildman–Crippen LogP) is 6.13. The van der Waals surface area contributed by atoms with Crippen LogP contribution in [-0.2, 0) is 0 Å². The highest BCUT2D eigenvalue weighted by Crippen LogP contribution is 2.34. The molecule has 0 aliphatic heterocycles. The van der Waals surface area contributed by atoms with Crippen LogP contribution in [0.25, 0.3) is 10.8 Å². The minimum atomic E-state index is -0.147. The lowest BCUT2D eigenvalue weighted by atomic mass is 10.1. The van der Waals surface area contributed by atoms with Gasteiger partial charge in [-0.25, -0.2) is 0 Å². The molecule has 1 N–H and O–H groups in total. The first-order valence-corrected chi connectivity index (χ1v) is 8.66. The third-order valence-corrected chi connectivity index (χ3v) is 4.31. The van der Waals surface area contributed by atoms with Crippen LogP contribution in [0.4, 0.5) is 11.4 Å². The third kappa shape index (κ3) is 3.67. The van der Waals surface area contributed by atoms with Crippen LogP contribution in [0.15, 0.2) is 60.7 Å². The molecular weight excluding hydrogens is 332 g/mol. The van der Waals surface area contributed by atoms with E-state index in [1.54, 1.807) is 7.11 Å². The lowest BCUT2D eigenvalue weighted by Gasteiger charge is -2.38. The molecular formula is C21H23ClN2O. The molecule has 4 heteroatoms. The van der Waals surface area contributed by atoms with E-state index in [0.717, 1.165) is 27.9 Å². The highest BCUT2D eigenvalue weighted by atomic mass is 35.5. The number of fused-ring (bicyclic) bond motifs is 1. The average Bonchev–Trinajstić information content (AvgIpc) is 2.58. The molecule has 0 heterocycles. The number of hydrazine groups is 1. The molecule has 0 aliphatic carbocycles. The van der Waals surface area contributed by atoms with Gasteiger partial charge in [0.15, 0.2) is 0 Å². The van der Waals surface area contributed by atoms with Crippen molar-refractivity contribution in [3.8, 4) is 5.75 Å². The monoisotopic (exact) mass is 354 g/mol. The summed E-state index contributed by atoms with van der Waals surface area (Å²) in [6, 6.07) is 20.1. The molecule has 0 saturated carbocycles. The molecule has 3 rings (SSSR count). The summed E-state index contributed by atoms with van der Waals surface area (Å²) in [5, 5.41) is 5.04. The lowest BCUT2D eigenvalue weighted by Crippen LogP contribution is -2.45. The first-order chi connectivity index (χ1) is 11.9. The van der Waals surface area contributed by atoms with Crippen LogP contribution in [0.5, 0.6) is 5.75 Å². The summed E-state index contributed by atoms with van der Waals surface area (Å²) in [5.74, 6) is 0.867. The van der Waals surface area contributed by atoms with Crippen LogP contribution in [0, 0.1) is 0 Å². The molecule has 0 bridgehead atoms. The van der Waals surface area contributed by atoms with E-state index in [0.29, 0.717) is 5.02 Å². The van der Waals surface area contributed by atoms with E-state index in [1.807, 2.05) is 42.5 Å². The van der Waals surface area contributed by atoms with Gasteiger partial charge >= 0.3 is 0 Å². The summed E-state index contributed by atoms with van der Waals surface area (Å²) in [6.45, 7) is 6.48. The molecule has 3 aromatic carbocycles. The third-order valence-electron chi connectivity index (χ3n) is 4.07. The van der Waals surface area contributed by atoms with Gasteiger partial charge in [-0.15, -0.1) is 0 Å². The van der Waals surface area contributed by atoms with Crippen molar-refractivity contribution in [2.45, 2.75) is 26.3 Å². The minimum Gasteiger partial charge on any atom is -0.496 e. The Bertz CT molecular complexity index is 886. The summed E-state index contributed by atoms with van der Waals surface area (Å²) in [6.07, 6.45) is 0. The normalized spacial score (nSPS) is 11.4. The first kappa shape index (κ1) is 17.4. The van der Waals surface area contributed by atoms with Gasteiger partial charge in [0.2, 0.25) is 0 Å². The highest BCUT2D eigenvalue weighted by molar-refractivity contribution is 6.30. The maximum Gasteiger partial charge on any atom is 0.126 e. The van der Waals surface area contributed by atoms with E-state index >= 15 is 0 Å². The number of nitrogens with one attached hydrogen (secondary N) is 1. The summed E-state index contributed by atoms with van der Waals surface area (Å²) in [7, 11) is 1.70. The number of benzene rings is 3. The average molecular weight is 355 g/mol. The minimum absolute atomic E-state index is 0.147. The Morgan fingerprint density at radius 2 is 1.64 bits per heavy atom. The molecule has 0 aliphatic rings. The van der Waals surface area contributed by atoms with Crippen molar-refractivity contribution < 1.29 is 4.74 Å². The molecule has 130 valence electrons. The van der Waals surface area contributed by atoms with Crippen molar-refractivity contribution in [3.05, 3.63) is 65.7 Å². The zero-order valence-electron chi connectivity index (χ0n) is 15.0. The summed E-state index contributed by atoms with van der Waals surface area (Å²) >= 11 is 6.21. The molecule has 0 atom stereocenters. The van der Waals surface area contributed by atoms with Gasteiger partial charge in [0, 0.05) is 15.8 Å². The van der Waals surface area contributed by atoms with Crippen molar-refractivity contribution in [1.29, 1.82) is 0 Å². The molecule has 0 unspecified atom stereocenters. The summed E-state index contributed by atoms with van der Waals surface area (Å²) < 4.78 is 5.50. The number of anilines is 2. The number of nitrogens with zero attached hydrogens (tertiary/aromatic N) is 1. The van der Waals surface area contributed by atoms with E-state index in [1.165, 1.54) is 0 Å². The Hall–Kier alpha value is -2.39. The Balaban J connectivity index is 2.08. The second-order valence-corrected chi connectivity index (χ2v) is 7.40. The number of rotatable bonds is 4. The lowest BCUT2D eigenvalue weighted by molar-refractivity contribution is 0.420. The van der Waals surface area contributed by atoms with Gasteiger partial charge in [0.25, 0.3) is 0 Å². The highest BCUT2D eigenvalue weighted by Gasteiger charge is 2.23. The van der Waals surface area contributed by atoms with Crippen LogP contribution in [0.2, 0.25) is 5.02 Å². The molecule has 3 nitrogen and oxygen atoms in total. The second kappa shape index (κ2) is 6.85. The van der Waals surface area contributed by atoms with Gasteiger partial charge in [0.05, 0.1) is 24.0 Å². The van der Waals surface area contributed by atoms with Crippen molar-refractivity contribution in [2.24, 2.45) is 0 Å². The number of methoxy groups -OCH3 is 1. The van der Waals surface area contributed by atoms with E-state index in [4.69, 9.17) is 16.3 Å². The van der Waals surface area contributed by atoms with Crippen molar-refractivity contribution in [1.82, 2.24) is 0 Å². The second-order valence-electron chi connectivity index (χ2n) is 6.96. The van der Waals surface area contributed by atoms with Crippen molar-refractivity contribution in [2.75, 3.05) is 17.5 Å². The fourth-order valence-corrected chi connectivity index (χ4v) is 3.09. The van der Waals surface area contributed by atoms with Gasteiger partial charge in [0.1, 0.15) is 5.75 Å². The van der Waals surface area contributed by atoms with Gasteiger partial charge in [-0.05, 0) is 51.1 Å². The Morgan fingerprint density at radius 3 is 2.28 bits per heavy atom. The molecule has 0 saturated heterocycles. The molecule has 25 heavy (non-hydrogen) atoms. The molecule has 0 fully saturated rings. The van der Waals surface area contributed by atoms with E-state index < -0.39 is 0 Å². The van der Waals surface area contributed by atoms with E-state index in [-0.39, 0.29) is 5.54 Å². The SMILES string of the molecule is COc1ccc(NN(c2cccc(Cl)c2)C(C)(C)C)c2ccccc12. The Labute approximate surface area is 154 Å². The summed E-state index contributed by atoms with van der Waals surface area (Å²) in [4.78, 5) is 0. The van der Waals surface area contributed by atoms with Gasteiger partial charge < -0.3 is 4.74 Å². The number of hydrogen-bond donors (Lipinski definition) is 1. The zero-order valence-corrected chi connectivity index (χ0v) is 15.8. The molecule has 3 aromatic rings. The molecule has 0 radical (unpaired) electrons. The topological polar surface area (TPSA) is 24.5 Å². The van der Waals surface area contributed by atoms with E-state index in [2.05, 4.69) is 49.4 Å². The Kier molecular flexibility index (Phi) is 4.78. The quantitative estimate of drug-likeness (QED) is 0.570. The maximum atomic E-state index is 6.21. The molecule has 0 spiro atoms. The molecule has 0 aromatic heterocycles. The number of halogens is 1. The van der Waals surface area contributed by atoms with Gasteiger partial charge in [-0.3, -0.25) is 10.4 Å². The Morgan fingerprint density at radius 1 is 0.920 bits per heavy atom. The largest absolute Gasteiger partial charge is 0.496 e. The zero-order chi connectivity index (χ0) is 18.0. The van der Waals surface area contributed by atoms with Crippen LogP contribution >= 0.6 is 11.6 Å². The van der Waals surface area contributed by atoms with Crippen LogP contribution in [-0.4, -0.2) is 12.6 Å². The van der Waals surface area contributed by atoms with Crippen molar-refractivity contribution >= 4 is 33.7 Å². The predicted molar refractivity (Wildman–Crippen MR) is 108 cm³/mol. The van der Waals surface area contributed by atoms with Gasteiger partial charge in [-0.2, -0.15) is 0 Å². The summed E-state index contributed by atoms with van der Waals surface area (Å²) in [5.41, 5.74) is 5.46. The van der Waals surface area contributed by atoms with E-state index in [9.17, 15) is 0 Å². The standard InChI is InChI=1S/C21H23ClN2O/c1-21(2,3)24(16-9-7-8-15(22)14-16)23-19-12-13-20(25-4)18-11-6-5-10-17(18)19/h5-14,23H,1-4H3. The van der Waals surface area contributed by atoms with Crippen LogP contribution in [0.3, 0.4) is 0 Å². The first-order valence-electron chi connectivity index (χ1n) is 8.28. The smallest absolute Gasteiger partial charge is 0.126 e. The van der Waals surface area contributed by atoms with Crippen LogP contribution in [0.1, 0.15) is 20.8 Å². The fraction of sp³-hybridized carbons (Fsp3) is 0.238. The molecule has 0 amide bonds. The fourth-order valence-electron chi connectivity index (χ4n) is 2.90. The van der Waals surface area contributed by atoms with Crippen LogP contribution < -0.4 is 15.2 Å². The number of ether oxygens (including phenoxy) is 1. The van der Waals surface area contributed by atoms with Gasteiger partial charge in [-0.1, -0.05) is 41.9 Å². The van der Waals surface area contributed by atoms with Crippen molar-refractivity contribution in [3.63, 3.8) is 0 Å².